The quantitative estimate of drug-likeness (QED) is 0.932. The van der Waals surface area contributed by atoms with E-state index in [1.807, 2.05) is 18.3 Å². The van der Waals surface area contributed by atoms with Crippen molar-refractivity contribution in [1.29, 1.82) is 0 Å². The molecule has 3 rings (SSSR count). The van der Waals surface area contributed by atoms with Crippen molar-refractivity contribution >= 4 is 5.65 Å². The Morgan fingerprint density at radius 1 is 1.38 bits per heavy atom. The number of piperidine rings is 1. The summed E-state index contributed by atoms with van der Waals surface area (Å²) in [6, 6.07) is 4.69. The lowest BCUT2D eigenvalue weighted by molar-refractivity contribution is 0.138. The first kappa shape index (κ1) is 14.5. The molecule has 1 unspecified atom stereocenters. The predicted molar refractivity (Wildman–Crippen MR) is 84.0 cm³/mol. The number of fused-ring (bicyclic) bond motifs is 1. The summed E-state index contributed by atoms with van der Waals surface area (Å²) in [5.41, 5.74) is 7.74. The van der Waals surface area contributed by atoms with Gasteiger partial charge in [0, 0.05) is 37.3 Å². The van der Waals surface area contributed by atoms with E-state index >= 15 is 0 Å². The van der Waals surface area contributed by atoms with Crippen LogP contribution in [0.15, 0.2) is 18.3 Å². The molecule has 1 aliphatic heterocycles. The van der Waals surface area contributed by atoms with E-state index in [1.54, 1.807) is 0 Å². The first-order chi connectivity index (χ1) is 10.2. The van der Waals surface area contributed by atoms with Crippen LogP contribution in [0.2, 0.25) is 0 Å². The van der Waals surface area contributed by atoms with Crippen LogP contribution in [0, 0.1) is 5.92 Å². The van der Waals surface area contributed by atoms with E-state index < -0.39 is 0 Å². The van der Waals surface area contributed by atoms with Gasteiger partial charge in [0.2, 0.25) is 0 Å². The third-order valence-corrected chi connectivity index (χ3v) is 4.56. The van der Waals surface area contributed by atoms with Crippen LogP contribution in [0.3, 0.4) is 0 Å². The summed E-state index contributed by atoms with van der Waals surface area (Å²) in [7, 11) is 0. The monoisotopic (exact) mass is 287 g/mol. The minimum atomic E-state index is 0.507. The fourth-order valence-electron chi connectivity index (χ4n) is 3.31. The van der Waals surface area contributed by atoms with Crippen LogP contribution in [0.5, 0.6) is 0 Å². The van der Waals surface area contributed by atoms with Gasteiger partial charge in [0.05, 0.1) is 0 Å². The zero-order valence-corrected chi connectivity index (χ0v) is 13.0. The molecule has 2 N–H and O–H groups in total. The van der Waals surface area contributed by atoms with Crippen LogP contribution in [-0.4, -0.2) is 38.6 Å². The van der Waals surface area contributed by atoms with Gasteiger partial charge < -0.3 is 10.6 Å². The number of aromatic nitrogens is 3. The van der Waals surface area contributed by atoms with Crippen LogP contribution >= 0.6 is 0 Å². The van der Waals surface area contributed by atoms with Gasteiger partial charge in [0.1, 0.15) is 5.82 Å². The SMILES string of the molecule is CC(C)N1CCCC(Cc2nnc3c(CN)cccn23)C1. The molecule has 5 heteroatoms. The number of hydrogen-bond donors (Lipinski definition) is 1. The maximum absolute atomic E-state index is 5.77. The van der Waals surface area contributed by atoms with Crippen molar-refractivity contribution in [2.75, 3.05) is 13.1 Å². The largest absolute Gasteiger partial charge is 0.326 e. The molecule has 0 aromatic carbocycles. The van der Waals surface area contributed by atoms with Crippen LogP contribution in [0.4, 0.5) is 0 Å². The Balaban J connectivity index is 1.79. The Hall–Kier alpha value is -1.46. The van der Waals surface area contributed by atoms with Gasteiger partial charge in [-0.3, -0.25) is 4.40 Å². The Bertz CT molecular complexity index is 604. The average Bonchev–Trinajstić information content (AvgIpc) is 2.90. The Kier molecular flexibility index (Phi) is 4.22. The predicted octanol–water partition coefficient (Wildman–Crippen LogP) is 1.85. The average molecular weight is 287 g/mol. The summed E-state index contributed by atoms with van der Waals surface area (Å²) in [4.78, 5) is 2.57. The molecule has 0 aliphatic carbocycles. The first-order valence-electron chi connectivity index (χ1n) is 7.94. The molecule has 1 atom stereocenters. The highest BCUT2D eigenvalue weighted by atomic mass is 15.2. The molecule has 0 spiro atoms. The van der Waals surface area contributed by atoms with Gasteiger partial charge in [-0.25, -0.2) is 0 Å². The lowest BCUT2D eigenvalue weighted by Crippen LogP contribution is -2.40. The second-order valence-electron chi connectivity index (χ2n) is 6.35. The van der Waals surface area contributed by atoms with E-state index in [1.165, 1.54) is 25.9 Å². The van der Waals surface area contributed by atoms with E-state index in [9.17, 15) is 0 Å². The summed E-state index contributed by atoms with van der Waals surface area (Å²) in [5, 5.41) is 8.74. The Morgan fingerprint density at radius 2 is 2.24 bits per heavy atom. The van der Waals surface area contributed by atoms with Gasteiger partial charge in [-0.15, -0.1) is 10.2 Å². The molecule has 1 aliphatic rings. The van der Waals surface area contributed by atoms with Crippen molar-refractivity contribution in [3.05, 3.63) is 29.7 Å². The lowest BCUT2D eigenvalue weighted by atomic mass is 9.93. The zero-order valence-electron chi connectivity index (χ0n) is 13.0. The molecule has 114 valence electrons. The Morgan fingerprint density at radius 3 is 3.00 bits per heavy atom. The second kappa shape index (κ2) is 6.12. The number of pyridine rings is 1. The van der Waals surface area contributed by atoms with Gasteiger partial charge in [-0.2, -0.15) is 0 Å². The number of likely N-dealkylation sites (tertiary alicyclic amines) is 1. The van der Waals surface area contributed by atoms with Crippen molar-refractivity contribution in [3.63, 3.8) is 0 Å². The second-order valence-corrected chi connectivity index (χ2v) is 6.35. The number of nitrogens with two attached hydrogens (primary N) is 1. The summed E-state index contributed by atoms with van der Waals surface area (Å²) >= 11 is 0. The molecule has 1 saturated heterocycles. The maximum atomic E-state index is 5.77. The van der Waals surface area contributed by atoms with Crippen LogP contribution in [-0.2, 0) is 13.0 Å². The topological polar surface area (TPSA) is 59.5 Å². The number of hydrogen-bond acceptors (Lipinski definition) is 4. The molecule has 3 heterocycles. The highest BCUT2D eigenvalue weighted by Gasteiger charge is 2.23. The van der Waals surface area contributed by atoms with Gasteiger partial charge in [0.25, 0.3) is 0 Å². The lowest BCUT2D eigenvalue weighted by Gasteiger charge is -2.35. The fraction of sp³-hybridized carbons (Fsp3) is 0.625. The normalized spacial score (nSPS) is 20.5. The standard InChI is InChI=1S/C16H25N5/c1-12(2)20-7-3-5-13(11-20)9-15-18-19-16-14(10-17)6-4-8-21(15)16/h4,6,8,12-13H,3,5,7,9-11,17H2,1-2H3. The van der Waals surface area contributed by atoms with Gasteiger partial charge in [-0.05, 0) is 45.2 Å². The van der Waals surface area contributed by atoms with E-state index in [-0.39, 0.29) is 0 Å². The molecule has 2 aromatic rings. The fourth-order valence-corrected chi connectivity index (χ4v) is 3.31. The Labute approximate surface area is 126 Å². The summed E-state index contributed by atoms with van der Waals surface area (Å²) in [6.07, 6.45) is 5.62. The van der Waals surface area contributed by atoms with Crippen molar-refractivity contribution in [2.24, 2.45) is 11.7 Å². The van der Waals surface area contributed by atoms with E-state index in [0.717, 1.165) is 23.5 Å². The minimum absolute atomic E-state index is 0.507. The zero-order chi connectivity index (χ0) is 14.8. The molecule has 0 radical (unpaired) electrons. The van der Waals surface area contributed by atoms with Crippen molar-refractivity contribution in [2.45, 2.75) is 45.7 Å². The van der Waals surface area contributed by atoms with Crippen LogP contribution in [0.25, 0.3) is 5.65 Å². The van der Waals surface area contributed by atoms with Crippen molar-refractivity contribution in [3.8, 4) is 0 Å². The molecule has 0 saturated carbocycles. The molecule has 0 bridgehead atoms. The molecular weight excluding hydrogens is 262 g/mol. The number of rotatable bonds is 4. The maximum Gasteiger partial charge on any atom is 0.165 e. The number of nitrogens with zero attached hydrogens (tertiary/aromatic N) is 4. The van der Waals surface area contributed by atoms with Gasteiger partial charge >= 0.3 is 0 Å². The highest BCUT2D eigenvalue weighted by Crippen LogP contribution is 2.22. The smallest absolute Gasteiger partial charge is 0.165 e. The summed E-state index contributed by atoms with van der Waals surface area (Å²) < 4.78 is 2.11. The molecule has 0 amide bonds. The summed E-state index contributed by atoms with van der Waals surface area (Å²) in [5.74, 6) is 1.74. The van der Waals surface area contributed by atoms with Crippen LogP contribution < -0.4 is 5.73 Å². The third kappa shape index (κ3) is 2.94. The molecule has 1 fully saturated rings. The first-order valence-corrected chi connectivity index (χ1v) is 7.94. The van der Waals surface area contributed by atoms with Crippen LogP contribution in [0.1, 0.15) is 38.1 Å². The highest BCUT2D eigenvalue weighted by molar-refractivity contribution is 5.47. The summed E-state index contributed by atoms with van der Waals surface area (Å²) in [6.45, 7) is 7.47. The minimum Gasteiger partial charge on any atom is -0.326 e. The van der Waals surface area contributed by atoms with Gasteiger partial charge in [0.15, 0.2) is 5.65 Å². The van der Waals surface area contributed by atoms with E-state index in [2.05, 4.69) is 33.3 Å². The molecule has 21 heavy (non-hydrogen) atoms. The van der Waals surface area contributed by atoms with E-state index in [4.69, 9.17) is 5.73 Å². The van der Waals surface area contributed by atoms with Gasteiger partial charge in [-0.1, -0.05) is 6.07 Å². The van der Waals surface area contributed by atoms with Crippen molar-refractivity contribution in [1.82, 2.24) is 19.5 Å². The molecule has 2 aromatic heterocycles. The molecular formula is C16H25N5. The molecule has 5 nitrogen and oxygen atoms in total. The van der Waals surface area contributed by atoms with Crippen molar-refractivity contribution < 1.29 is 0 Å². The third-order valence-electron chi connectivity index (χ3n) is 4.56. The van der Waals surface area contributed by atoms with E-state index in [0.29, 0.717) is 18.5 Å².